The maximum Gasteiger partial charge on any atom is 0.414 e. The summed E-state index contributed by atoms with van der Waals surface area (Å²) < 4.78 is 11.5. The largest absolute Gasteiger partial charge is 0.414 e. The average Bonchev–Trinajstić information content (AvgIpc) is 3.01. The first-order valence-corrected chi connectivity index (χ1v) is 12.2. The van der Waals surface area contributed by atoms with E-state index in [0.29, 0.717) is 54.3 Å². The van der Waals surface area contributed by atoms with Crippen molar-refractivity contribution in [1.29, 1.82) is 0 Å². The van der Waals surface area contributed by atoms with E-state index in [2.05, 4.69) is 26.6 Å². The van der Waals surface area contributed by atoms with Crippen molar-refractivity contribution >= 4 is 68.2 Å². The van der Waals surface area contributed by atoms with Gasteiger partial charge in [-0.2, -0.15) is 0 Å². The van der Waals surface area contributed by atoms with Crippen LogP contribution in [0.1, 0.15) is 6.42 Å². The van der Waals surface area contributed by atoms with E-state index in [4.69, 9.17) is 21.1 Å². The highest BCUT2D eigenvalue weighted by Crippen LogP contribution is 2.32. The van der Waals surface area contributed by atoms with Gasteiger partial charge < -0.3 is 29.9 Å². The van der Waals surface area contributed by atoms with Gasteiger partial charge in [0.25, 0.3) is 5.91 Å². The molecule has 4 rings (SSSR count). The van der Waals surface area contributed by atoms with Crippen molar-refractivity contribution < 1.29 is 23.9 Å². The highest BCUT2D eigenvalue weighted by atomic mass is 79.9. The molecule has 2 aliphatic heterocycles. The first kappa shape index (κ1) is 24.0. The molecule has 2 aliphatic rings. The molecule has 12 heteroatoms. The third-order valence-corrected chi connectivity index (χ3v) is 7.12. The van der Waals surface area contributed by atoms with Gasteiger partial charge in [-0.3, -0.25) is 9.59 Å². The molecule has 9 nitrogen and oxygen atoms in total. The summed E-state index contributed by atoms with van der Waals surface area (Å²) in [5.41, 5.74) is -0.116. The van der Waals surface area contributed by atoms with Crippen LogP contribution in [0.2, 0.25) is 5.02 Å². The normalized spacial score (nSPS) is 18.3. The molecule has 2 aromatic rings. The van der Waals surface area contributed by atoms with E-state index < -0.39 is 11.6 Å². The highest BCUT2D eigenvalue weighted by Gasteiger charge is 2.49. The number of likely N-dealkylation sites (N-methyl/N-ethyl adjacent to an activating group) is 1. The van der Waals surface area contributed by atoms with Gasteiger partial charge in [-0.1, -0.05) is 22.9 Å². The van der Waals surface area contributed by atoms with Crippen LogP contribution >= 0.6 is 38.9 Å². The second kappa shape index (κ2) is 9.98. The van der Waals surface area contributed by atoms with Crippen LogP contribution in [0.5, 0.6) is 5.06 Å². The van der Waals surface area contributed by atoms with E-state index in [-0.39, 0.29) is 18.2 Å². The van der Waals surface area contributed by atoms with Gasteiger partial charge in [-0.05, 0) is 53.3 Å². The SMILES string of the molecule is CN1CC(NC(=O)Oc2ccc(Br)s2)(C(=O)Nc2ccc(N3CCOCCC3=O)c(Cl)c2)C1. The number of ether oxygens (including phenoxy) is 2. The van der Waals surface area contributed by atoms with Gasteiger partial charge in [0.2, 0.25) is 5.91 Å². The minimum Gasteiger partial charge on any atom is -0.399 e. The third-order valence-electron chi connectivity index (χ3n) is 5.31. The van der Waals surface area contributed by atoms with E-state index in [1.165, 1.54) is 11.3 Å². The van der Waals surface area contributed by atoms with Gasteiger partial charge in [0.05, 0.1) is 34.1 Å². The Kier molecular flexibility index (Phi) is 7.25. The smallest absolute Gasteiger partial charge is 0.399 e. The number of carbonyl (C=O) groups excluding carboxylic acids is 3. The summed E-state index contributed by atoms with van der Waals surface area (Å²) in [6.07, 6.45) is -0.419. The minimum atomic E-state index is -1.14. The number of halogens is 2. The fourth-order valence-electron chi connectivity index (χ4n) is 3.81. The molecule has 1 aromatic heterocycles. The summed E-state index contributed by atoms with van der Waals surface area (Å²) in [4.78, 5) is 41.4. The lowest BCUT2D eigenvalue weighted by Crippen LogP contribution is -2.74. The number of benzene rings is 1. The van der Waals surface area contributed by atoms with E-state index in [1.54, 1.807) is 35.2 Å². The number of rotatable bonds is 5. The standard InChI is InChI=1S/C21H22BrClN4O5S/c1-26-11-21(12-26,25-20(30)32-18-5-4-16(22)33-18)19(29)24-13-2-3-15(14(23)10-13)27-7-9-31-8-6-17(27)28/h2-5,10H,6-9,11-12H2,1H3,(H,24,29)(H,25,30). The first-order valence-electron chi connectivity index (χ1n) is 10.2. The van der Waals surface area contributed by atoms with Crippen molar-refractivity contribution in [3.05, 3.63) is 39.1 Å². The third kappa shape index (κ3) is 5.49. The van der Waals surface area contributed by atoms with E-state index in [9.17, 15) is 14.4 Å². The number of carbonyl (C=O) groups is 3. The van der Waals surface area contributed by atoms with E-state index in [1.807, 2.05) is 11.9 Å². The summed E-state index contributed by atoms with van der Waals surface area (Å²) in [5.74, 6) is -0.448. The molecule has 0 saturated carbocycles. The number of nitrogens with one attached hydrogen (secondary N) is 2. The van der Waals surface area contributed by atoms with Gasteiger partial charge in [0, 0.05) is 25.3 Å². The van der Waals surface area contributed by atoms with Gasteiger partial charge in [-0.15, -0.1) is 0 Å². The van der Waals surface area contributed by atoms with E-state index >= 15 is 0 Å². The van der Waals surface area contributed by atoms with Gasteiger partial charge in [-0.25, -0.2) is 4.79 Å². The topological polar surface area (TPSA) is 100 Å². The molecular weight excluding hydrogens is 536 g/mol. The predicted molar refractivity (Wildman–Crippen MR) is 129 cm³/mol. The summed E-state index contributed by atoms with van der Waals surface area (Å²) in [6, 6.07) is 8.39. The molecule has 0 spiro atoms. The Morgan fingerprint density at radius 2 is 2.03 bits per heavy atom. The zero-order valence-corrected chi connectivity index (χ0v) is 20.9. The van der Waals surface area contributed by atoms with Crippen molar-refractivity contribution in [1.82, 2.24) is 10.2 Å². The van der Waals surface area contributed by atoms with Crippen LogP contribution in [0.15, 0.2) is 34.1 Å². The number of likely N-dealkylation sites (tertiary alicyclic amines) is 1. The molecule has 0 aliphatic carbocycles. The maximum absolute atomic E-state index is 13.1. The van der Waals surface area contributed by atoms with Crippen LogP contribution < -0.4 is 20.3 Å². The number of anilines is 2. The average molecular weight is 558 g/mol. The minimum absolute atomic E-state index is 0.0665. The lowest BCUT2D eigenvalue weighted by Gasteiger charge is -2.46. The summed E-state index contributed by atoms with van der Waals surface area (Å²) in [7, 11) is 1.85. The molecule has 33 heavy (non-hydrogen) atoms. The first-order chi connectivity index (χ1) is 15.8. The van der Waals surface area contributed by atoms with Crippen molar-refractivity contribution in [2.45, 2.75) is 12.0 Å². The van der Waals surface area contributed by atoms with Crippen LogP contribution in [0.25, 0.3) is 0 Å². The van der Waals surface area contributed by atoms with E-state index in [0.717, 1.165) is 3.79 Å². The Morgan fingerprint density at radius 1 is 1.24 bits per heavy atom. The Morgan fingerprint density at radius 3 is 2.70 bits per heavy atom. The quantitative estimate of drug-likeness (QED) is 0.585. The molecule has 0 unspecified atom stereocenters. The predicted octanol–water partition coefficient (Wildman–Crippen LogP) is 3.33. The second-order valence-corrected chi connectivity index (χ2v) is 10.7. The highest BCUT2D eigenvalue weighted by molar-refractivity contribution is 9.11. The lowest BCUT2D eigenvalue weighted by atomic mass is 9.89. The lowest BCUT2D eigenvalue weighted by molar-refractivity contribution is -0.128. The van der Waals surface area contributed by atoms with Crippen LogP contribution in [-0.4, -0.2) is 68.2 Å². The summed E-state index contributed by atoms with van der Waals surface area (Å²) in [6.45, 7) is 1.89. The molecule has 2 N–H and O–H groups in total. The fraction of sp³-hybridized carbons (Fsp3) is 0.381. The van der Waals surface area contributed by atoms with Crippen molar-refractivity contribution in [3.63, 3.8) is 0 Å². The van der Waals surface area contributed by atoms with Crippen LogP contribution in [0.3, 0.4) is 0 Å². The number of hydrogen-bond donors (Lipinski definition) is 2. The van der Waals surface area contributed by atoms with Gasteiger partial charge in [0.1, 0.15) is 5.54 Å². The molecule has 0 bridgehead atoms. The number of amides is 3. The summed E-state index contributed by atoms with van der Waals surface area (Å²) in [5, 5.41) is 6.27. The zero-order valence-electron chi connectivity index (χ0n) is 17.7. The van der Waals surface area contributed by atoms with Crippen molar-refractivity contribution in [3.8, 4) is 5.06 Å². The van der Waals surface area contributed by atoms with Crippen LogP contribution in [0.4, 0.5) is 16.2 Å². The molecule has 3 heterocycles. The maximum atomic E-state index is 13.1. The molecule has 176 valence electrons. The Hall–Kier alpha value is -2.18. The molecular formula is C21H22BrClN4O5S. The van der Waals surface area contributed by atoms with Gasteiger partial charge in [0.15, 0.2) is 5.06 Å². The second-order valence-electron chi connectivity index (χ2n) is 7.86. The van der Waals surface area contributed by atoms with Crippen LogP contribution in [0, 0.1) is 0 Å². The Labute approximate surface area is 208 Å². The monoisotopic (exact) mass is 556 g/mol. The fourth-order valence-corrected chi connectivity index (χ4v) is 5.28. The zero-order chi connectivity index (χ0) is 23.6. The van der Waals surface area contributed by atoms with Crippen molar-refractivity contribution in [2.24, 2.45) is 0 Å². The molecule has 1 aromatic carbocycles. The van der Waals surface area contributed by atoms with Crippen molar-refractivity contribution in [2.75, 3.05) is 50.1 Å². The number of hydrogen-bond acceptors (Lipinski definition) is 7. The Balaban J connectivity index is 1.44. The van der Waals surface area contributed by atoms with Gasteiger partial charge >= 0.3 is 6.09 Å². The molecule has 0 atom stereocenters. The number of thiophene rings is 1. The van der Waals surface area contributed by atoms with Crippen LogP contribution in [-0.2, 0) is 14.3 Å². The Bertz CT molecular complexity index is 1070. The molecule has 3 amide bonds. The summed E-state index contributed by atoms with van der Waals surface area (Å²) >= 11 is 11.0. The molecule has 2 saturated heterocycles. The molecule has 2 fully saturated rings. The number of nitrogens with zero attached hydrogens (tertiary/aromatic N) is 2. The molecule has 0 radical (unpaired) electrons.